The molecule has 122 valence electrons. The first-order chi connectivity index (χ1) is 10.4. The minimum Gasteiger partial charge on any atom is -0.354 e. The maximum absolute atomic E-state index is 12.8. The van der Waals surface area contributed by atoms with E-state index in [0.717, 1.165) is 19.3 Å². The van der Waals surface area contributed by atoms with Crippen LogP contribution in [0.25, 0.3) is 0 Å². The molecule has 2 unspecified atom stereocenters. The standard InChI is InChI=1S/C14H22N4O3S/c1-15-14(19)13-7-12(9-17(13)2)22(20,21)18-6-5-10-3-4-11(8-18)16-10/h7,9-11,16H,3-6,8H2,1-2H3,(H,15,19). The summed E-state index contributed by atoms with van der Waals surface area (Å²) in [5, 5.41) is 6.00. The lowest BCUT2D eigenvalue weighted by Crippen LogP contribution is -2.38. The number of nitrogens with one attached hydrogen (secondary N) is 2. The minimum atomic E-state index is -3.56. The SMILES string of the molecule is CNC(=O)c1cc(S(=O)(=O)N2CCC3CCC(C2)N3)cn1C. The van der Waals surface area contributed by atoms with Crippen LogP contribution in [0.4, 0.5) is 0 Å². The van der Waals surface area contributed by atoms with Gasteiger partial charge in [0.2, 0.25) is 10.0 Å². The normalized spacial score (nSPS) is 25.9. The monoisotopic (exact) mass is 326 g/mol. The van der Waals surface area contributed by atoms with E-state index in [2.05, 4.69) is 10.6 Å². The van der Waals surface area contributed by atoms with Crippen LogP contribution in [-0.4, -0.2) is 55.4 Å². The van der Waals surface area contributed by atoms with Crippen LogP contribution in [0, 0.1) is 0 Å². The molecule has 22 heavy (non-hydrogen) atoms. The predicted octanol–water partition coefficient (Wildman–Crippen LogP) is -0.100. The molecule has 2 saturated heterocycles. The van der Waals surface area contributed by atoms with E-state index in [0.29, 0.717) is 24.8 Å². The third-order valence-electron chi connectivity index (χ3n) is 4.56. The molecule has 2 fully saturated rings. The fraction of sp³-hybridized carbons (Fsp3) is 0.643. The fourth-order valence-corrected chi connectivity index (χ4v) is 4.88. The molecule has 2 bridgehead atoms. The Labute approximate surface area is 130 Å². The largest absolute Gasteiger partial charge is 0.354 e. The van der Waals surface area contributed by atoms with Gasteiger partial charge in [0.05, 0.1) is 0 Å². The van der Waals surface area contributed by atoms with Crippen molar-refractivity contribution in [2.45, 2.75) is 36.2 Å². The summed E-state index contributed by atoms with van der Waals surface area (Å²) >= 11 is 0. The molecule has 1 aromatic rings. The molecule has 2 aliphatic heterocycles. The molecule has 2 aliphatic rings. The number of aromatic nitrogens is 1. The van der Waals surface area contributed by atoms with Crippen LogP contribution in [0.5, 0.6) is 0 Å². The van der Waals surface area contributed by atoms with Crippen LogP contribution in [-0.2, 0) is 17.1 Å². The zero-order valence-electron chi connectivity index (χ0n) is 12.9. The Balaban J connectivity index is 1.88. The Kier molecular flexibility index (Phi) is 4.00. The number of rotatable bonds is 3. The summed E-state index contributed by atoms with van der Waals surface area (Å²) in [5.74, 6) is -0.291. The number of carbonyl (C=O) groups is 1. The molecular formula is C14H22N4O3S. The van der Waals surface area contributed by atoms with Gasteiger partial charge in [-0.3, -0.25) is 4.79 Å². The average Bonchev–Trinajstić information content (AvgIpc) is 3.01. The number of sulfonamides is 1. The zero-order chi connectivity index (χ0) is 15.9. The summed E-state index contributed by atoms with van der Waals surface area (Å²) in [5.41, 5.74) is 0.343. The maximum Gasteiger partial charge on any atom is 0.267 e. The zero-order valence-corrected chi connectivity index (χ0v) is 13.7. The molecule has 2 N–H and O–H groups in total. The number of hydrogen-bond acceptors (Lipinski definition) is 4. The molecule has 3 rings (SSSR count). The second-order valence-electron chi connectivity index (χ2n) is 6.04. The lowest BCUT2D eigenvalue weighted by Gasteiger charge is -2.23. The molecule has 1 amide bonds. The van der Waals surface area contributed by atoms with E-state index in [-0.39, 0.29) is 16.8 Å². The highest BCUT2D eigenvalue weighted by Crippen LogP contribution is 2.25. The number of nitrogens with zero attached hydrogens (tertiary/aromatic N) is 2. The van der Waals surface area contributed by atoms with Crippen molar-refractivity contribution in [3.05, 3.63) is 18.0 Å². The van der Waals surface area contributed by atoms with Gasteiger partial charge in [-0.25, -0.2) is 8.42 Å². The summed E-state index contributed by atoms with van der Waals surface area (Å²) in [4.78, 5) is 11.9. The molecule has 0 radical (unpaired) electrons. The van der Waals surface area contributed by atoms with E-state index < -0.39 is 10.0 Å². The van der Waals surface area contributed by atoms with Crippen molar-refractivity contribution in [1.82, 2.24) is 19.5 Å². The van der Waals surface area contributed by atoms with Crippen LogP contribution in [0.15, 0.2) is 17.2 Å². The highest BCUT2D eigenvalue weighted by atomic mass is 32.2. The first kappa shape index (κ1) is 15.5. The Morgan fingerprint density at radius 3 is 2.77 bits per heavy atom. The van der Waals surface area contributed by atoms with Crippen LogP contribution in [0.3, 0.4) is 0 Å². The second-order valence-corrected chi connectivity index (χ2v) is 7.98. The van der Waals surface area contributed by atoms with Crippen molar-refractivity contribution in [2.24, 2.45) is 7.05 Å². The summed E-state index contributed by atoms with van der Waals surface area (Å²) in [7, 11) is -0.354. The third kappa shape index (κ3) is 2.66. The molecule has 0 spiro atoms. The Bertz CT molecular complexity index is 682. The van der Waals surface area contributed by atoms with Crippen LogP contribution in [0.2, 0.25) is 0 Å². The van der Waals surface area contributed by atoms with E-state index in [1.165, 1.54) is 19.3 Å². The fourth-order valence-electron chi connectivity index (χ4n) is 3.31. The topological polar surface area (TPSA) is 83.4 Å². The molecular weight excluding hydrogens is 304 g/mol. The number of hydrogen-bond donors (Lipinski definition) is 2. The Morgan fingerprint density at radius 1 is 1.32 bits per heavy atom. The summed E-state index contributed by atoms with van der Waals surface area (Å²) in [6, 6.07) is 2.12. The summed E-state index contributed by atoms with van der Waals surface area (Å²) in [6.45, 7) is 1.03. The molecule has 0 aromatic carbocycles. The van der Waals surface area contributed by atoms with Crippen molar-refractivity contribution in [1.29, 1.82) is 0 Å². The van der Waals surface area contributed by atoms with Gasteiger partial charge in [0.1, 0.15) is 10.6 Å². The van der Waals surface area contributed by atoms with Gasteiger partial charge >= 0.3 is 0 Å². The third-order valence-corrected chi connectivity index (χ3v) is 6.39. The highest BCUT2D eigenvalue weighted by molar-refractivity contribution is 7.89. The lowest BCUT2D eigenvalue weighted by atomic mass is 10.1. The van der Waals surface area contributed by atoms with Crippen molar-refractivity contribution in [2.75, 3.05) is 20.1 Å². The number of amides is 1. The maximum atomic E-state index is 12.8. The van der Waals surface area contributed by atoms with Crippen LogP contribution >= 0.6 is 0 Å². The van der Waals surface area contributed by atoms with Gasteiger partial charge in [0.25, 0.3) is 5.91 Å². The van der Waals surface area contributed by atoms with Gasteiger partial charge in [0, 0.05) is 45.5 Å². The van der Waals surface area contributed by atoms with Gasteiger partial charge < -0.3 is 15.2 Å². The van der Waals surface area contributed by atoms with E-state index in [1.807, 2.05) is 0 Å². The Morgan fingerprint density at radius 2 is 2.05 bits per heavy atom. The van der Waals surface area contributed by atoms with E-state index in [1.54, 1.807) is 15.9 Å². The highest BCUT2D eigenvalue weighted by Gasteiger charge is 2.35. The summed E-state index contributed by atoms with van der Waals surface area (Å²) < 4.78 is 28.8. The molecule has 0 saturated carbocycles. The van der Waals surface area contributed by atoms with Crippen LogP contribution in [0.1, 0.15) is 29.8 Å². The van der Waals surface area contributed by atoms with Gasteiger partial charge in [-0.15, -0.1) is 0 Å². The molecule has 1 aromatic heterocycles. The molecule has 3 heterocycles. The molecule has 0 aliphatic carbocycles. The predicted molar refractivity (Wildman–Crippen MR) is 82.1 cm³/mol. The average molecular weight is 326 g/mol. The van der Waals surface area contributed by atoms with Crippen molar-refractivity contribution in [3.63, 3.8) is 0 Å². The van der Waals surface area contributed by atoms with E-state index >= 15 is 0 Å². The van der Waals surface area contributed by atoms with Gasteiger partial charge in [-0.2, -0.15) is 4.31 Å². The van der Waals surface area contributed by atoms with Crippen LogP contribution < -0.4 is 10.6 Å². The lowest BCUT2D eigenvalue weighted by molar-refractivity contribution is 0.0955. The molecule has 7 nitrogen and oxygen atoms in total. The number of carbonyl (C=O) groups excluding carboxylic acids is 1. The Hall–Kier alpha value is -1.38. The van der Waals surface area contributed by atoms with Crippen molar-refractivity contribution < 1.29 is 13.2 Å². The number of fused-ring (bicyclic) bond motifs is 2. The first-order valence-electron chi connectivity index (χ1n) is 7.56. The van der Waals surface area contributed by atoms with Gasteiger partial charge in [-0.05, 0) is 25.3 Å². The smallest absolute Gasteiger partial charge is 0.267 e. The van der Waals surface area contributed by atoms with E-state index in [9.17, 15) is 13.2 Å². The van der Waals surface area contributed by atoms with Gasteiger partial charge in [0.15, 0.2) is 0 Å². The molecule has 2 atom stereocenters. The minimum absolute atomic E-state index is 0.186. The molecule has 8 heteroatoms. The van der Waals surface area contributed by atoms with Gasteiger partial charge in [-0.1, -0.05) is 0 Å². The van der Waals surface area contributed by atoms with Crippen molar-refractivity contribution in [3.8, 4) is 0 Å². The van der Waals surface area contributed by atoms with Crippen molar-refractivity contribution >= 4 is 15.9 Å². The quantitative estimate of drug-likeness (QED) is 0.812. The summed E-state index contributed by atoms with van der Waals surface area (Å²) in [6.07, 6.45) is 4.50. The second kappa shape index (κ2) is 5.68. The number of aryl methyl sites for hydroxylation is 1. The van der Waals surface area contributed by atoms with E-state index in [4.69, 9.17) is 0 Å². The first-order valence-corrected chi connectivity index (χ1v) is 9.00.